The van der Waals surface area contributed by atoms with Crippen molar-refractivity contribution in [2.75, 3.05) is 0 Å². The molecule has 0 saturated carbocycles. The molecule has 0 aliphatic rings. The third kappa shape index (κ3) is 1.96. The fourth-order valence-electron chi connectivity index (χ4n) is 0.838. The number of aliphatic carboxylic acids is 1. The average molecular weight is 187 g/mol. The molecule has 1 aromatic carbocycles. The predicted molar refractivity (Wildman–Crippen MR) is 44.7 cm³/mol. The molecule has 0 heterocycles. The number of carbonyl (C=O) groups is 1. The first kappa shape index (κ1) is 9.03. The molecule has 3 nitrogen and oxygen atoms in total. The standard InChI is InChI=1S/C8H8ClNO2/c9-6-3-1-5(2-4-6)7(10)8(11)12/h1-4,7H,10H2,(H,11,12)/p+1. The molecule has 4 N–H and O–H groups in total. The Bertz CT molecular complexity index is 284. The van der Waals surface area contributed by atoms with Crippen LogP contribution in [-0.2, 0) is 4.79 Å². The molecule has 1 rings (SSSR count). The van der Waals surface area contributed by atoms with Crippen molar-refractivity contribution < 1.29 is 15.6 Å². The van der Waals surface area contributed by atoms with Gasteiger partial charge in [0.1, 0.15) is 0 Å². The molecule has 1 aromatic rings. The lowest BCUT2D eigenvalue weighted by Gasteiger charge is -2.02. The Labute approximate surface area is 74.8 Å². The fourth-order valence-corrected chi connectivity index (χ4v) is 0.964. The second-order valence-corrected chi connectivity index (χ2v) is 2.88. The van der Waals surface area contributed by atoms with Crippen molar-refractivity contribution in [3.63, 3.8) is 0 Å². The number of quaternary nitrogens is 1. The van der Waals surface area contributed by atoms with Gasteiger partial charge in [0.05, 0.1) is 0 Å². The minimum atomic E-state index is -0.933. The largest absolute Gasteiger partial charge is 0.477 e. The maximum absolute atomic E-state index is 10.5. The van der Waals surface area contributed by atoms with Crippen LogP contribution in [0.5, 0.6) is 0 Å². The zero-order valence-electron chi connectivity index (χ0n) is 6.33. The summed E-state index contributed by atoms with van der Waals surface area (Å²) in [5.74, 6) is -0.933. The first-order valence-electron chi connectivity index (χ1n) is 3.42. The maximum Gasteiger partial charge on any atom is 0.367 e. The van der Waals surface area contributed by atoms with E-state index in [0.717, 1.165) is 0 Å². The molecule has 1 atom stereocenters. The van der Waals surface area contributed by atoms with Crippen molar-refractivity contribution in [2.24, 2.45) is 0 Å². The number of rotatable bonds is 2. The number of hydrogen-bond donors (Lipinski definition) is 2. The molecule has 0 spiro atoms. The van der Waals surface area contributed by atoms with Crippen LogP contribution >= 0.6 is 11.6 Å². The van der Waals surface area contributed by atoms with Gasteiger partial charge < -0.3 is 10.8 Å². The van der Waals surface area contributed by atoms with E-state index in [1.807, 2.05) is 0 Å². The Morgan fingerprint density at radius 3 is 2.33 bits per heavy atom. The highest BCUT2D eigenvalue weighted by atomic mass is 35.5. The molecular formula is C8H9ClNO2+. The van der Waals surface area contributed by atoms with E-state index >= 15 is 0 Å². The van der Waals surface area contributed by atoms with Gasteiger partial charge in [-0.2, -0.15) is 0 Å². The molecule has 12 heavy (non-hydrogen) atoms. The second-order valence-electron chi connectivity index (χ2n) is 2.44. The van der Waals surface area contributed by atoms with Gasteiger partial charge >= 0.3 is 5.97 Å². The molecule has 0 aliphatic heterocycles. The first-order chi connectivity index (χ1) is 5.61. The minimum Gasteiger partial charge on any atom is -0.477 e. The van der Waals surface area contributed by atoms with Gasteiger partial charge in [0.2, 0.25) is 6.04 Å². The normalized spacial score (nSPS) is 12.5. The minimum absolute atomic E-state index is 0.594. The first-order valence-corrected chi connectivity index (χ1v) is 3.80. The van der Waals surface area contributed by atoms with Gasteiger partial charge in [0.15, 0.2) is 0 Å². The van der Waals surface area contributed by atoms with E-state index in [1.165, 1.54) is 0 Å². The lowest BCUT2D eigenvalue weighted by Crippen LogP contribution is -2.57. The monoisotopic (exact) mass is 186 g/mol. The highest BCUT2D eigenvalue weighted by Crippen LogP contribution is 2.13. The number of hydrogen-bond acceptors (Lipinski definition) is 1. The molecule has 64 valence electrons. The van der Waals surface area contributed by atoms with E-state index in [-0.39, 0.29) is 0 Å². The lowest BCUT2D eigenvalue weighted by atomic mass is 10.1. The van der Waals surface area contributed by atoms with Crippen LogP contribution in [0.15, 0.2) is 24.3 Å². The SMILES string of the molecule is [NH3+]C(C(=O)O)c1ccc(Cl)cc1. The third-order valence-corrected chi connectivity index (χ3v) is 1.82. The second kappa shape index (κ2) is 3.56. The molecule has 0 aliphatic carbocycles. The Hall–Kier alpha value is -1.06. The summed E-state index contributed by atoms with van der Waals surface area (Å²) in [5.41, 5.74) is 4.15. The van der Waals surface area contributed by atoms with Crippen molar-refractivity contribution in [1.29, 1.82) is 0 Å². The summed E-state index contributed by atoms with van der Waals surface area (Å²) in [6.45, 7) is 0. The average Bonchev–Trinajstić information content (AvgIpc) is 2.04. The summed E-state index contributed by atoms with van der Waals surface area (Å²) in [5, 5.41) is 9.20. The van der Waals surface area contributed by atoms with Gasteiger partial charge in [0, 0.05) is 10.6 Å². The van der Waals surface area contributed by atoms with Gasteiger partial charge in [-0.15, -0.1) is 0 Å². The summed E-state index contributed by atoms with van der Waals surface area (Å²) in [7, 11) is 0. The number of carboxylic acids is 1. The fraction of sp³-hybridized carbons (Fsp3) is 0.125. The lowest BCUT2D eigenvalue weighted by molar-refractivity contribution is -0.413. The Kier molecular flexibility index (Phi) is 2.68. The quantitative estimate of drug-likeness (QED) is 0.715. The van der Waals surface area contributed by atoms with Crippen LogP contribution in [0.1, 0.15) is 11.6 Å². The van der Waals surface area contributed by atoms with Crippen molar-refractivity contribution in [1.82, 2.24) is 0 Å². The van der Waals surface area contributed by atoms with E-state index in [2.05, 4.69) is 5.73 Å². The molecule has 0 aromatic heterocycles. The van der Waals surface area contributed by atoms with Gasteiger partial charge in [-0.1, -0.05) is 23.7 Å². The molecule has 4 heteroatoms. The summed E-state index contributed by atoms with van der Waals surface area (Å²) >= 11 is 5.63. The van der Waals surface area contributed by atoms with E-state index in [4.69, 9.17) is 16.7 Å². The van der Waals surface area contributed by atoms with E-state index in [1.54, 1.807) is 24.3 Å². The van der Waals surface area contributed by atoms with Gasteiger partial charge in [-0.05, 0) is 12.1 Å². The predicted octanol–water partition coefficient (Wildman–Crippen LogP) is 0.708. The van der Waals surface area contributed by atoms with E-state index in [9.17, 15) is 4.79 Å². The van der Waals surface area contributed by atoms with Crippen molar-refractivity contribution >= 4 is 17.6 Å². The zero-order chi connectivity index (χ0) is 9.14. The molecule has 0 saturated heterocycles. The van der Waals surface area contributed by atoms with Crippen LogP contribution < -0.4 is 5.73 Å². The van der Waals surface area contributed by atoms with Crippen LogP contribution in [0.4, 0.5) is 0 Å². The molecule has 1 unspecified atom stereocenters. The highest BCUT2D eigenvalue weighted by Gasteiger charge is 2.17. The highest BCUT2D eigenvalue weighted by molar-refractivity contribution is 6.30. The van der Waals surface area contributed by atoms with E-state index < -0.39 is 12.0 Å². The van der Waals surface area contributed by atoms with Gasteiger partial charge in [0.25, 0.3) is 0 Å². The van der Waals surface area contributed by atoms with Crippen LogP contribution in [0.3, 0.4) is 0 Å². The number of halogens is 1. The summed E-state index contributed by atoms with van der Waals surface area (Å²) < 4.78 is 0. The van der Waals surface area contributed by atoms with Crippen molar-refractivity contribution in [2.45, 2.75) is 6.04 Å². The maximum atomic E-state index is 10.5. The van der Waals surface area contributed by atoms with Crippen LogP contribution in [0, 0.1) is 0 Å². The van der Waals surface area contributed by atoms with Gasteiger partial charge in [-0.3, -0.25) is 0 Å². The van der Waals surface area contributed by atoms with Crippen molar-refractivity contribution in [3.05, 3.63) is 34.9 Å². The molecule has 0 amide bonds. The smallest absolute Gasteiger partial charge is 0.367 e. The van der Waals surface area contributed by atoms with Crippen LogP contribution in [-0.4, -0.2) is 11.1 Å². The molecule has 0 radical (unpaired) electrons. The zero-order valence-corrected chi connectivity index (χ0v) is 7.08. The van der Waals surface area contributed by atoms with Crippen molar-refractivity contribution in [3.8, 4) is 0 Å². The number of carboxylic acid groups (broad SMARTS) is 1. The molecule has 0 fully saturated rings. The van der Waals surface area contributed by atoms with E-state index in [0.29, 0.717) is 10.6 Å². The topological polar surface area (TPSA) is 64.9 Å². The molecular weight excluding hydrogens is 178 g/mol. The third-order valence-electron chi connectivity index (χ3n) is 1.57. The summed E-state index contributed by atoms with van der Waals surface area (Å²) in [6, 6.07) is 5.90. The Morgan fingerprint density at radius 1 is 1.42 bits per heavy atom. The summed E-state index contributed by atoms with van der Waals surface area (Å²) in [6.07, 6.45) is 0. The number of benzene rings is 1. The Morgan fingerprint density at radius 2 is 1.92 bits per heavy atom. The van der Waals surface area contributed by atoms with Crippen LogP contribution in [0.25, 0.3) is 0 Å². The molecule has 0 bridgehead atoms. The van der Waals surface area contributed by atoms with Crippen LogP contribution in [0.2, 0.25) is 5.02 Å². The Balaban J connectivity index is 2.89. The van der Waals surface area contributed by atoms with Gasteiger partial charge in [-0.25, -0.2) is 4.79 Å². The summed E-state index contributed by atoms with van der Waals surface area (Å²) in [4.78, 5) is 10.5.